The number of aryl methyl sites for hydroxylation is 2. The largest absolute Gasteiger partial charge is 0.346 e. The van der Waals surface area contributed by atoms with E-state index in [9.17, 15) is 0 Å². The fourth-order valence-electron chi connectivity index (χ4n) is 2.65. The highest BCUT2D eigenvalue weighted by Crippen LogP contribution is 2.19. The van der Waals surface area contributed by atoms with E-state index >= 15 is 0 Å². The lowest BCUT2D eigenvalue weighted by Gasteiger charge is -2.21. The standard InChI is InChI=1S/C15H28N2/c1-6-16(7-2)12-8-9-13(3)17-14(4)10-11-15(17)5/h10-11,13H,6-9,12H2,1-5H3/t13-/m1/s1. The zero-order valence-electron chi connectivity index (χ0n) is 12.2. The Kier molecular flexibility index (Phi) is 5.76. The van der Waals surface area contributed by atoms with Crippen molar-refractivity contribution in [2.45, 2.75) is 53.5 Å². The molecule has 0 fully saturated rings. The van der Waals surface area contributed by atoms with Crippen LogP contribution in [0, 0.1) is 13.8 Å². The summed E-state index contributed by atoms with van der Waals surface area (Å²) in [6.07, 6.45) is 2.56. The van der Waals surface area contributed by atoms with Crippen molar-refractivity contribution in [2.24, 2.45) is 0 Å². The Labute approximate surface area is 107 Å². The fourth-order valence-corrected chi connectivity index (χ4v) is 2.65. The number of rotatable bonds is 7. The van der Waals surface area contributed by atoms with Gasteiger partial charge >= 0.3 is 0 Å². The van der Waals surface area contributed by atoms with Crippen molar-refractivity contribution in [3.63, 3.8) is 0 Å². The molecule has 1 heterocycles. The van der Waals surface area contributed by atoms with Gasteiger partial charge in [0.1, 0.15) is 0 Å². The predicted octanol–water partition coefficient (Wildman–Crippen LogP) is 3.79. The average Bonchev–Trinajstić information content (AvgIpc) is 2.64. The van der Waals surface area contributed by atoms with Crippen LogP contribution < -0.4 is 0 Å². The topological polar surface area (TPSA) is 8.17 Å². The van der Waals surface area contributed by atoms with Gasteiger partial charge in [-0.3, -0.25) is 0 Å². The van der Waals surface area contributed by atoms with E-state index in [1.165, 1.54) is 43.9 Å². The Morgan fingerprint density at radius 1 is 1.12 bits per heavy atom. The first-order valence-electron chi connectivity index (χ1n) is 6.96. The normalized spacial score (nSPS) is 13.3. The maximum atomic E-state index is 2.50. The van der Waals surface area contributed by atoms with Crippen molar-refractivity contribution >= 4 is 0 Å². The number of hydrogen-bond acceptors (Lipinski definition) is 1. The lowest BCUT2D eigenvalue weighted by molar-refractivity contribution is 0.287. The molecule has 1 rings (SSSR count). The van der Waals surface area contributed by atoms with E-state index in [0.29, 0.717) is 6.04 Å². The molecule has 0 aliphatic rings. The number of hydrogen-bond donors (Lipinski definition) is 0. The highest BCUT2D eigenvalue weighted by molar-refractivity contribution is 5.14. The van der Waals surface area contributed by atoms with Gasteiger partial charge in [0.15, 0.2) is 0 Å². The van der Waals surface area contributed by atoms with Gasteiger partial charge in [-0.1, -0.05) is 13.8 Å². The molecule has 0 radical (unpaired) electrons. The van der Waals surface area contributed by atoms with Crippen LogP contribution in [0.15, 0.2) is 12.1 Å². The molecular formula is C15H28N2. The van der Waals surface area contributed by atoms with Crippen LogP contribution in [0.1, 0.15) is 51.0 Å². The van der Waals surface area contributed by atoms with Crippen LogP contribution in [0.25, 0.3) is 0 Å². The maximum absolute atomic E-state index is 2.50. The molecule has 1 aromatic heterocycles. The van der Waals surface area contributed by atoms with Crippen LogP contribution in [-0.2, 0) is 0 Å². The minimum Gasteiger partial charge on any atom is -0.346 e. The summed E-state index contributed by atoms with van der Waals surface area (Å²) in [5, 5.41) is 0. The monoisotopic (exact) mass is 236 g/mol. The third-order valence-electron chi connectivity index (χ3n) is 3.76. The van der Waals surface area contributed by atoms with E-state index in [1.54, 1.807) is 0 Å². The van der Waals surface area contributed by atoms with Crippen LogP contribution in [0.3, 0.4) is 0 Å². The summed E-state index contributed by atoms with van der Waals surface area (Å²) < 4.78 is 2.46. The average molecular weight is 236 g/mol. The Balaban J connectivity index is 2.42. The minimum atomic E-state index is 0.626. The summed E-state index contributed by atoms with van der Waals surface area (Å²) in [7, 11) is 0. The summed E-state index contributed by atoms with van der Waals surface area (Å²) in [6, 6.07) is 5.06. The summed E-state index contributed by atoms with van der Waals surface area (Å²) in [5.41, 5.74) is 2.77. The van der Waals surface area contributed by atoms with Crippen molar-refractivity contribution in [1.29, 1.82) is 0 Å². The van der Waals surface area contributed by atoms with E-state index in [-0.39, 0.29) is 0 Å². The quantitative estimate of drug-likeness (QED) is 0.699. The molecule has 0 aliphatic heterocycles. The molecule has 0 N–H and O–H groups in total. The molecule has 17 heavy (non-hydrogen) atoms. The smallest absolute Gasteiger partial charge is 0.0307 e. The zero-order chi connectivity index (χ0) is 12.8. The fraction of sp³-hybridized carbons (Fsp3) is 0.733. The first-order chi connectivity index (χ1) is 8.10. The number of aromatic nitrogens is 1. The molecule has 0 aliphatic carbocycles. The Bertz CT molecular complexity index is 304. The van der Waals surface area contributed by atoms with Crippen molar-refractivity contribution < 1.29 is 0 Å². The van der Waals surface area contributed by atoms with Crippen LogP contribution in [0.4, 0.5) is 0 Å². The highest BCUT2D eigenvalue weighted by Gasteiger charge is 2.09. The molecule has 0 saturated heterocycles. The molecule has 2 heteroatoms. The third-order valence-corrected chi connectivity index (χ3v) is 3.76. The predicted molar refractivity (Wildman–Crippen MR) is 75.6 cm³/mol. The highest BCUT2D eigenvalue weighted by atomic mass is 15.1. The summed E-state index contributed by atoms with van der Waals surface area (Å²) in [4.78, 5) is 2.50. The molecule has 2 nitrogen and oxygen atoms in total. The lowest BCUT2D eigenvalue weighted by Crippen LogP contribution is -2.24. The summed E-state index contributed by atoms with van der Waals surface area (Å²) in [5.74, 6) is 0. The van der Waals surface area contributed by atoms with Gasteiger partial charge in [0, 0.05) is 17.4 Å². The SMILES string of the molecule is CCN(CC)CCC[C@@H](C)n1c(C)ccc1C. The molecule has 0 bridgehead atoms. The van der Waals surface area contributed by atoms with E-state index in [0.717, 1.165) is 0 Å². The van der Waals surface area contributed by atoms with Crippen LogP contribution in [-0.4, -0.2) is 29.1 Å². The first kappa shape index (κ1) is 14.3. The Morgan fingerprint density at radius 2 is 1.65 bits per heavy atom. The molecule has 0 saturated carbocycles. The maximum Gasteiger partial charge on any atom is 0.0307 e. The first-order valence-corrected chi connectivity index (χ1v) is 6.96. The Hall–Kier alpha value is -0.760. The molecular weight excluding hydrogens is 208 g/mol. The van der Waals surface area contributed by atoms with E-state index in [2.05, 4.69) is 56.2 Å². The van der Waals surface area contributed by atoms with Crippen LogP contribution in [0.2, 0.25) is 0 Å². The molecule has 0 spiro atoms. The van der Waals surface area contributed by atoms with Crippen molar-refractivity contribution in [3.8, 4) is 0 Å². The van der Waals surface area contributed by atoms with Gasteiger partial charge in [0.2, 0.25) is 0 Å². The molecule has 0 amide bonds. The van der Waals surface area contributed by atoms with Crippen molar-refractivity contribution in [3.05, 3.63) is 23.5 Å². The number of nitrogens with zero attached hydrogens (tertiary/aromatic N) is 2. The molecule has 0 aromatic carbocycles. The molecule has 98 valence electrons. The van der Waals surface area contributed by atoms with Crippen LogP contribution in [0.5, 0.6) is 0 Å². The minimum absolute atomic E-state index is 0.626. The van der Waals surface area contributed by atoms with Gasteiger partial charge in [0.25, 0.3) is 0 Å². The zero-order valence-corrected chi connectivity index (χ0v) is 12.2. The molecule has 1 atom stereocenters. The second-order valence-electron chi connectivity index (χ2n) is 5.00. The van der Waals surface area contributed by atoms with Crippen molar-refractivity contribution in [1.82, 2.24) is 9.47 Å². The summed E-state index contributed by atoms with van der Waals surface area (Å²) in [6.45, 7) is 14.8. The van der Waals surface area contributed by atoms with E-state index in [1.807, 2.05) is 0 Å². The lowest BCUT2D eigenvalue weighted by atomic mass is 10.1. The van der Waals surface area contributed by atoms with Crippen LogP contribution >= 0.6 is 0 Å². The van der Waals surface area contributed by atoms with Crippen molar-refractivity contribution in [2.75, 3.05) is 19.6 Å². The van der Waals surface area contributed by atoms with E-state index < -0.39 is 0 Å². The summed E-state index contributed by atoms with van der Waals surface area (Å²) >= 11 is 0. The van der Waals surface area contributed by atoms with Gasteiger partial charge in [-0.15, -0.1) is 0 Å². The molecule has 1 aromatic rings. The van der Waals surface area contributed by atoms with Gasteiger partial charge < -0.3 is 9.47 Å². The third kappa shape index (κ3) is 3.88. The Morgan fingerprint density at radius 3 is 2.12 bits per heavy atom. The molecule has 0 unspecified atom stereocenters. The van der Waals surface area contributed by atoms with E-state index in [4.69, 9.17) is 0 Å². The van der Waals surface area contributed by atoms with Gasteiger partial charge in [-0.25, -0.2) is 0 Å². The van der Waals surface area contributed by atoms with Gasteiger partial charge in [-0.2, -0.15) is 0 Å². The second-order valence-corrected chi connectivity index (χ2v) is 5.00. The van der Waals surface area contributed by atoms with Gasteiger partial charge in [-0.05, 0) is 65.4 Å². The second kappa shape index (κ2) is 6.85. The van der Waals surface area contributed by atoms with Gasteiger partial charge in [0.05, 0.1) is 0 Å².